The van der Waals surface area contributed by atoms with E-state index in [4.69, 9.17) is 10.2 Å². The Kier molecular flexibility index (Phi) is 11.8. The minimum absolute atomic E-state index is 0. The Balaban J connectivity index is 0.000000486. The normalized spacial score (nSPS) is 13.2. The van der Waals surface area contributed by atoms with Gasteiger partial charge in [0.1, 0.15) is 0 Å². The van der Waals surface area contributed by atoms with Crippen molar-refractivity contribution >= 4 is 11.0 Å². The fourth-order valence-electron chi connectivity index (χ4n) is 3.45. The molecule has 0 saturated carbocycles. The van der Waals surface area contributed by atoms with E-state index in [0.717, 1.165) is 24.3 Å². The van der Waals surface area contributed by atoms with Gasteiger partial charge in [0, 0.05) is 39.3 Å². The number of aliphatic hydroxyl groups excluding tert-OH is 2. The maximum absolute atomic E-state index is 12.9. The first-order chi connectivity index (χ1) is 18.3. The van der Waals surface area contributed by atoms with Gasteiger partial charge < -0.3 is 14.9 Å². The van der Waals surface area contributed by atoms with Crippen LogP contribution in [0.4, 0.5) is 26.3 Å². The van der Waals surface area contributed by atoms with Crippen LogP contribution in [0.2, 0.25) is 0 Å². The summed E-state index contributed by atoms with van der Waals surface area (Å²) in [5, 5.41) is 17.7. The molecule has 0 saturated heterocycles. The summed E-state index contributed by atoms with van der Waals surface area (Å²) in [5.41, 5.74) is 0.388. The molecule has 4 aromatic rings. The zero-order chi connectivity index (χ0) is 28.8. The van der Waals surface area contributed by atoms with Crippen molar-refractivity contribution in [3.05, 3.63) is 83.9 Å². The van der Waals surface area contributed by atoms with E-state index in [1.54, 1.807) is 24.3 Å². The Labute approximate surface area is 240 Å². The van der Waals surface area contributed by atoms with Crippen molar-refractivity contribution in [3.63, 3.8) is 0 Å². The monoisotopic (exact) mass is 744 g/mol. The van der Waals surface area contributed by atoms with Crippen LogP contribution in [0.25, 0.3) is 33.5 Å². The Morgan fingerprint density at radius 2 is 1.32 bits per heavy atom. The predicted molar refractivity (Wildman–Crippen MR) is 133 cm³/mol. The molecule has 12 heteroatoms. The number of methoxy groups -OCH3 is 1. The molecule has 0 bridgehead atoms. The van der Waals surface area contributed by atoms with Crippen LogP contribution in [0.15, 0.2) is 66.7 Å². The Morgan fingerprint density at radius 3 is 1.77 bits per heavy atom. The Morgan fingerprint density at radius 1 is 0.800 bits per heavy atom. The standard InChI is InChI=1S/C22H11F6N2.C6H14O3.Ir/c23-21(24,25)15-9-5-13(6-10-15)19-20(30-18-4-2-1-3-17(18)29-19)14-7-11-16(12-8-14)22(26,27)28;1-3-5(7)4-6(8)9-2;/h1-7,9-12H;5-8H,3-4H2,1-2H3;/q-1;;. The fraction of sp³-hybridized carbons (Fsp3) is 0.286. The smallest absolute Gasteiger partial charge is 0.393 e. The number of hydrogen-bond acceptors (Lipinski definition) is 5. The zero-order valence-corrected chi connectivity index (χ0v) is 23.6. The van der Waals surface area contributed by atoms with E-state index in [1.165, 1.54) is 25.3 Å². The Bertz CT molecular complexity index is 1260. The van der Waals surface area contributed by atoms with Crippen LogP contribution in [0.5, 0.6) is 0 Å². The summed E-state index contributed by atoms with van der Waals surface area (Å²) in [6.45, 7) is 1.85. The molecule has 0 spiro atoms. The third kappa shape index (κ3) is 8.81. The molecule has 1 radical (unpaired) electrons. The first-order valence-electron chi connectivity index (χ1n) is 11.8. The van der Waals surface area contributed by atoms with Crippen molar-refractivity contribution in [2.24, 2.45) is 0 Å². The average Bonchev–Trinajstić information content (AvgIpc) is 2.91. The number of aromatic nitrogens is 2. The van der Waals surface area contributed by atoms with Gasteiger partial charge in [-0.2, -0.15) is 26.3 Å². The largest absolute Gasteiger partial charge is 0.416 e. The summed E-state index contributed by atoms with van der Waals surface area (Å²) in [7, 11) is 1.41. The van der Waals surface area contributed by atoms with Crippen molar-refractivity contribution in [1.82, 2.24) is 9.97 Å². The van der Waals surface area contributed by atoms with E-state index in [0.29, 0.717) is 29.4 Å². The summed E-state index contributed by atoms with van der Waals surface area (Å²) >= 11 is 0. The number of hydrogen-bond donors (Lipinski definition) is 2. The van der Waals surface area contributed by atoms with E-state index in [1.807, 2.05) is 6.92 Å². The molecule has 0 aliphatic rings. The number of fused-ring (bicyclic) bond motifs is 1. The van der Waals surface area contributed by atoms with Crippen LogP contribution in [0, 0.1) is 6.07 Å². The van der Waals surface area contributed by atoms with E-state index in [-0.39, 0.29) is 37.1 Å². The van der Waals surface area contributed by atoms with Crippen LogP contribution in [-0.2, 0) is 37.2 Å². The molecular weight excluding hydrogens is 719 g/mol. The maximum Gasteiger partial charge on any atom is 0.416 e. The van der Waals surface area contributed by atoms with Gasteiger partial charge in [-0.05, 0) is 41.8 Å². The second kappa shape index (κ2) is 14.1. The molecule has 0 fully saturated rings. The SMILES string of the molecule is CCC(O)CC(O)OC.FC(F)(F)c1c[c-]c(-c2nc3ccccc3nc2-c2ccc(C(F)(F)F)cc2)cc1.[Ir]. The van der Waals surface area contributed by atoms with Crippen LogP contribution < -0.4 is 0 Å². The third-order valence-corrected chi connectivity index (χ3v) is 5.67. The quantitative estimate of drug-likeness (QED) is 0.128. The van der Waals surface area contributed by atoms with E-state index >= 15 is 0 Å². The summed E-state index contributed by atoms with van der Waals surface area (Å²) in [6.07, 6.45) is -9.31. The van der Waals surface area contributed by atoms with Crippen molar-refractivity contribution in [2.45, 2.75) is 44.5 Å². The molecule has 1 aromatic heterocycles. The molecule has 2 N–H and O–H groups in total. The van der Waals surface area contributed by atoms with E-state index in [9.17, 15) is 26.3 Å². The minimum Gasteiger partial charge on any atom is -0.393 e. The molecular formula is C28H25F6IrN2O3-. The average molecular weight is 744 g/mol. The summed E-state index contributed by atoms with van der Waals surface area (Å²) in [6, 6.07) is 16.7. The first-order valence-corrected chi connectivity index (χ1v) is 11.8. The molecule has 0 aliphatic carbocycles. The van der Waals surface area contributed by atoms with Crippen molar-refractivity contribution in [3.8, 4) is 22.5 Å². The van der Waals surface area contributed by atoms with Gasteiger partial charge in [0.05, 0.1) is 28.4 Å². The molecule has 217 valence electrons. The second-order valence-electron chi connectivity index (χ2n) is 8.46. The van der Waals surface area contributed by atoms with Gasteiger partial charge in [-0.25, -0.2) is 0 Å². The fourth-order valence-corrected chi connectivity index (χ4v) is 3.45. The molecule has 3 aromatic carbocycles. The van der Waals surface area contributed by atoms with Crippen molar-refractivity contribution in [1.29, 1.82) is 0 Å². The number of ether oxygens (including phenoxy) is 1. The van der Waals surface area contributed by atoms with Gasteiger partial charge in [-0.3, -0.25) is 9.97 Å². The number of para-hydroxylation sites is 2. The minimum atomic E-state index is -4.51. The molecule has 5 nitrogen and oxygen atoms in total. The van der Waals surface area contributed by atoms with Gasteiger partial charge >= 0.3 is 12.4 Å². The van der Waals surface area contributed by atoms with Crippen LogP contribution in [0.3, 0.4) is 0 Å². The molecule has 40 heavy (non-hydrogen) atoms. The van der Waals surface area contributed by atoms with Gasteiger partial charge in [-0.1, -0.05) is 31.2 Å². The maximum atomic E-state index is 12.9. The van der Waals surface area contributed by atoms with Gasteiger partial charge in [-0.15, -0.1) is 29.8 Å². The van der Waals surface area contributed by atoms with E-state index < -0.39 is 35.9 Å². The first kappa shape index (κ1) is 33.3. The molecule has 1 heterocycles. The zero-order valence-electron chi connectivity index (χ0n) is 21.2. The predicted octanol–water partition coefficient (Wildman–Crippen LogP) is 6.91. The molecule has 0 amide bonds. The number of halogens is 6. The number of benzene rings is 3. The topological polar surface area (TPSA) is 75.5 Å². The van der Waals surface area contributed by atoms with Gasteiger partial charge in [0.15, 0.2) is 6.29 Å². The van der Waals surface area contributed by atoms with Crippen LogP contribution >= 0.6 is 0 Å². The number of alkyl halides is 6. The molecule has 2 atom stereocenters. The van der Waals surface area contributed by atoms with Crippen molar-refractivity contribution in [2.75, 3.05) is 7.11 Å². The molecule has 2 unspecified atom stereocenters. The third-order valence-electron chi connectivity index (χ3n) is 5.67. The number of rotatable bonds is 6. The summed E-state index contributed by atoms with van der Waals surface area (Å²) in [4.78, 5) is 8.99. The van der Waals surface area contributed by atoms with E-state index in [2.05, 4.69) is 20.8 Å². The van der Waals surface area contributed by atoms with Gasteiger partial charge in [0.2, 0.25) is 0 Å². The molecule has 4 rings (SSSR count). The van der Waals surface area contributed by atoms with Crippen LogP contribution in [-0.4, -0.2) is 39.7 Å². The van der Waals surface area contributed by atoms with Gasteiger partial charge in [0.25, 0.3) is 0 Å². The summed E-state index contributed by atoms with van der Waals surface area (Å²) < 4.78 is 81.8. The van der Waals surface area contributed by atoms with Crippen LogP contribution in [0.1, 0.15) is 30.9 Å². The molecule has 0 aliphatic heterocycles. The second-order valence-corrected chi connectivity index (χ2v) is 8.46. The number of nitrogens with zero attached hydrogens (tertiary/aromatic N) is 2. The number of aliphatic hydroxyl groups is 2. The Hall–Kier alpha value is -2.89. The summed E-state index contributed by atoms with van der Waals surface area (Å²) in [5.74, 6) is 0. The van der Waals surface area contributed by atoms with Crippen molar-refractivity contribution < 1.29 is 61.4 Å².